The maximum absolute atomic E-state index is 12.5. The van der Waals surface area contributed by atoms with Gasteiger partial charge in [-0.25, -0.2) is 0 Å². The van der Waals surface area contributed by atoms with E-state index in [9.17, 15) is 4.79 Å². The predicted molar refractivity (Wildman–Crippen MR) is 85.4 cm³/mol. The van der Waals surface area contributed by atoms with Gasteiger partial charge in [-0.2, -0.15) is 0 Å². The molecule has 108 valence electrons. The first-order chi connectivity index (χ1) is 9.19. The van der Waals surface area contributed by atoms with Crippen LogP contribution in [0.2, 0.25) is 22.1 Å². The topological polar surface area (TPSA) is 26.3 Å². The fourth-order valence-electron chi connectivity index (χ4n) is 1.41. The van der Waals surface area contributed by atoms with Gasteiger partial charge in [0.25, 0.3) is 0 Å². The average molecular weight is 497 g/mol. The summed E-state index contributed by atoms with van der Waals surface area (Å²) in [6.07, 6.45) is 0. The Kier molecular flexibility index (Phi) is 6.80. The molecule has 0 fully saturated rings. The average Bonchev–Trinajstić information content (AvgIpc) is 2.34. The Morgan fingerprint density at radius 1 is 1.30 bits per heavy atom. The molecule has 0 heterocycles. The third-order valence-electron chi connectivity index (χ3n) is 3.72. The summed E-state index contributed by atoms with van der Waals surface area (Å²) in [7, 11) is -0.0999. The van der Waals surface area contributed by atoms with Crippen LogP contribution in [0.1, 0.15) is 38.1 Å². The van der Waals surface area contributed by atoms with Crippen molar-refractivity contribution in [2.75, 3.05) is 0 Å². The molecular weight excluding hydrogens is 473 g/mol. The van der Waals surface area contributed by atoms with Crippen molar-refractivity contribution in [3.63, 3.8) is 0 Å². The van der Waals surface area contributed by atoms with Gasteiger partial charge in [0.1, 0.15) is 0 Å². The van der Waals surface area contributed by atoms with Gasteiger partial charge >= 0.3 is 139 Å². The molecule has 0 bridgehead atoms. The van der Waals surface area contributed by atoms with Gasteiger partial charge in [-0.3, -0.25) is 0 Å². The molecule has 0 radical (unpaired) electrons. The molecule has 0 aromatic heterocycles. The number of benzene rings is 1. The van der Waals surface area contributed by atoms with Crippen molar-refractivity contribution in [3.8, 4) is 0 Å². The molecule has 0 saturated carbocycles. The van der Waals surface area contributed by atoms with E-state index >= 15 is 0 Å². The third-order valence-corrected chi connectivity index (χ3v) is 20.1. The summed E-state index contributed by atoms with van der Waals surface area (Å²) >= 11 is -0.897. The third kappa shape index (κ3) is 4.88. The van der Waals surface area contributed by atoms with Crippen LogP contribution in [0.5, 0.6) is 0 Å². The molecule has 0 atom stereocenters. The second-order valence-corrected chi connectivity index (χ2v) is 24.4. The molecule has 5 heteroatoms. The molecule has 1 rings (SSSR count). The molecule has 1 aromatic carbocycles. The summed E-state index contributed by atoms with van der Waals surface area (Å²) in [5, 5.41) is 0.0498. The Bertz CT molecular complexity index is 469. The maximum atomic E-state index is 12.5. The van der Waals surface area contributed by atoms with Crippen LogP contribution in [0, 0.1) is 0 Å². The molecule has 0 aliphatic heterocycles. The zero-order valence-electron chi connectivity index (χ0n) is 13.4. The van der Waals surface area contributed by atoms with Crippen LogP contribution in [0.4, 0.5) is 0 Å². The van der Waals surface area contributed by atoms with E-state index in [1.54, 1.807) is 0 Å². The minimum absolute atomic E-state index is 0.0498. The second kappa shape index (κ2) is 7.45. The predicted octanol–water partition coefficient (Wildman–Crippen LogP) is 5.38. The van der Waals surface area contributed by atoms with E-state index in [1.807, 2.05) is 26.4 Å². The van der Waals surface area contributed by atoms with Crippen molar-refractivity contribution >= 4 is 22.5 Å². The van der Waals surface area contributed by atoms with Crippen LogP contribution in [-0.2, 0) is 27.5 Å². The first-order valence-electron chi connectivity index (χ1n) is 7.14. The molecule has 0 saturated heterocycles. The Morgan fingerprint density at radius 2 is 1.90 bits per heavy atom. The van der Waals surface area contributed by atoms with Gasteiger partial charge in [0, 0.05) is 0 Å². The van der Waals surface area contributed by atoms with Crippen LogP contribution in [0.25, 0.3) is 0 Å². The van der Waals surface area contributed by atoms with Crippen molar-refractivity contribution in [2.45, 2.75) is 54.7 Å². The molecule has 0 unspecified atom stereocenters. The summed E-state index contributed by atoms with van der Waals surface area (Å²) in [5.41, 5.74) is 0.760. The van der Waals surface area contributed by atoms with E-state index in [2.05, 4.69) is 46.9 Å². The van der Waals surface area contributed by atoms with E-state index < -0.39 is 31.4 Å². The van der Waals surface area contributed by atoms with Crippen LogP contribution in [0.3, 0.4) is 0 Å². The van der Waals surface area contributed by atoms with Gasteiger partial charge < -0.3 is 0 Å². The summed E-state index contributed by atoms with van der Waals surface area (Å²) in [6, 6.07) is 7.90. The van der Waals surface area contributed by atoms with Crippen molar-refractivity contribution in [1.82, 2.24) is 0 Å². The number of hydrogen-bond acceptors (Lipinski definition) is 3. The van der Waals surface area contributed by atoms with E-state index in [0.29, 0.717) is 0 Å². The molecule has 0 aliphatic carbocycles. The number of carbonyl (C=O) groups is 1. The fraction of sp³-hybridized carbons (Fsp3) is 0.533. The standard InChI is InChI=1S/C13H20O2SSi.C2H5.Hg/c1-13(2,3)17(4,5)15-12(14)10-8-6-7-9-11(10)16;1-2;/h6-9,16H,1-5H3;1H2,2H3;/q;;+1/p-1. The molecule has 0 spiro atoms. The van der Waals surface area contributed by atoms with E-state index in [-0.39, 0.29) is 11.0 Å². The van der Waals surface area contributed by atoms with Crippen molar-refractivity contribution in [1.29, 1.82) is 0 Å². The first kappa shape index (κ1) is 18.2. The Balaban J connectivity index is 2.93. The molecule has 0 amide bonds. The molecule has 0 aliphatic rings. The van der Waals surface area contributed by atoms with Crippen LogP contribution in [-0.4, -0.2) is 14.3 Å². The zero-order chi connectivity index (χ0) is 15.4. The molecular formula is C15H24HgO2SSi. The normalized spacial score (nSPS) is 11.9. The van der Waals surface area contributed by atoms with E-state index in [0.717, 1.165) is 10.5 Å². The fourth-order valence-corrected chi connectivity index (χ4v) is 11.1. The molecule has 2 nitrogen and oxygen atoms in total. The monoisotopic (exact) mass is 498 g/mol. The Morgan fingerprint density at radius 3 is 2.45 bits per heavy atom. The molecule has 0 N–H and O–H groups in total. The minimum atomic E-state index is -2.05. The van der Waals surface area contributed by atoms with E-state index in [4.69, 9.17) is 4.43 Å². The summed E-state index contributed by atoms with van der Waals surface area (Å²) in [4.78, 5) is 13.6. The SMILES string of the molecule is C[CH2][Hg][S]c1ccccc1C(=O)O[Si](C)(C)C(C)(C)C. The molecule has 20 heavy (non-hydrogen) atoms. The van der Waals surface area contributed by atoms with Gasteiger partial charge in [0.05, 0.1) is 0 Å². The van der Waals surface area contributed by atoms with E-state index in [1.165, 1.54) is 3.93 Å². The van der Waals surface area contributed by atoms with Crippen molar-refractivity contribution < 1.29 is 32.3 Å². The van der Waals surface area contributed by atoms with Crippen LogP contribution in [0.15, 0.2) is 29.2 Å². The first-order valence-corrected chi connectivity index (χ1v) is 21.7. The number of hydrogen-bond donors (Lipinski definition) is 0. The zero-order valence-corrected chi connectivity index (χ0v) is 20.8. The quantitative estimate of drug-likeness (QED) is 0.512. The summed E-state index contributed by atoms with van der Waals surface area (Å²) < 4.78 is 7.24. The number of carbonyl (C=O) groups excluding carboxylic acids is 1. The second-order valence-electron chi connectivity index (χ2n) is 6.49. The number of rotatable bonds is 5. The van der Waals surface area contributed by atoms with Gasteiger partial charge in [-0.05, 0) is 0 Å². The van der Waals surface area contributed by atoms with Crippen molar-refractivity contribution in [2.24, 2.45) is 0 Å². The summed E-state index contributed by atoms with van der Waals surface area (Å²) in [5.74, 6) is -0.135. The van der Waals surface area contributed by atoms with Crippen LogP contribution < -0.4 is 0 Å². The van der Waals surface area contributed by atoms with Gasteiger partial charge in [0.15, 0.2) is 0 Å². The van der Waals surface area contributed by atoms with Gasteiger partial charge in [0.2, 0.25) is 0 Å². The Hall–Kier alpha value is 0.192. The van der Waals surface area contributed by atoms with Crippen LogP contribution >= 0.6 is 8.24 Å². The summed E-state index contributed by atoms with van der Waals surface area (Å²) in [6.45, 7) is 12.9. The van der Waals surface area contributed by atoms with Gasteiger partial charge in [-0.15, -0.1) is 0 Å². The Labute approximate surface area is 138 Å². The van der Waals surface area contributed by atoms with Gasteiger partial charge in [-0.1, -0.05) is 0 Å². The van der Waals surface area contributed by atoms with Crippen molar-refractivity contribution in [3.05, 3.63) is 29.8 Å². The molecule has 1 aromatic rings.